The number of rotatable bonds is 12. The second-order valence-corrected chi connectivity index (χ2v) is 6.55. The summed E-state index contributed by atoms with van der Waals surface area (Å²) in [4.78, 5) is 4.57. The molecule has 1 aliphatic rings. The number of guanidine groups is 1. The van der Waals surface area contributed by atoms with Gasteiger partial charge in [0.1, 0.15) is 0 Å². The van der Waals surface area contributed by atoms with E-state index >= 15 is 0 Å². The molecule has 25 heavy (non-hydrogen) atoms. The molecule has 7 heteroatoms. The van der Waals surface area contributed by atoms with Crippen LogP contribution in [0.15, 0.2) is 4.99 Å². The minimum absolute atomic E-state index is 0. The lowest BCUT2D eigenvalue weighted by molar-refractivity contribution is -0.0320. The molecule has 1 saturated heterocycles. The fourth-order valence-corrected chi connectivity index (χ4v) is 2.39. The Morgan fingerprint density at radius 3 is 2.60 bits per heavy atom. The van der Waals surface area contributed by atoms with Crippen molar-refractivity contribution in [1.82, 2.24) is 10.6 Å². The smallest absolute Gasteiger partial charge is 0.191 e. The molecule has 150 valence electrons. The third-order valence-electron chi connectivity index (χ3n) is 3.65. The zero-order chi connectivity index (χ0) is 17.5. The van der Waals surface area contributed by atoms with E-state index in [1.807, 2.05) is 0 Å². The van der Waals surface area contributed by atoms with E-state index in [9.17, 15) is 0 Å². The Kier molecular flexibility index (Phi) is 17.2. The van der Waals surface area contributed by atoms with Crippen LogP contribution in [-0.2, 0) is 14.2 Å². The van der Waals surface area contributed by atoms with Gasteiger partial charge in [-0.2, -0.15) is 0 Å². The van der Waals surface area contributed by atoms with Crippen molar-refractivity contribution in [2.75, 3.05) is 52.7 Å². The average Bonchev–Trinajstić information content (AvgIpc) is 2.58. The molecule has 0 aromatic rings. The Hall–Kier alpha value is -0.120. The van der Waals surface area contributed by atoms with Gasteiger partial charge in [-0.1, -0.05) is 13.8 Å². The summed E-state index contributed by atoms with van der Waals surface area (Å²) in [5.41, 5.74) is 0. The fraction of sp³-hybridized carbons (Fsp3) is 0.944. The molecule has 6 nitrogen and oxygen atoms in total. The van der Waals surface area contributed by atoms with E-state index in [0.29, 0.717) is 12.0 Å². The molecule has 1 fully saturated rings. The van der Waals surface area contributed by atoms with Crippen molar-refractivity contribution in [3.63, 3.8) is 0 Å². The van der Waals surface area contributed by atoms with Gasteiger partial charge in [-0.25, -0.2) is 0 Å². The van der Waals surface area contributed by atoms with Gasteiger partial charge in [0, 0.05) is 52.7 Å². The van der Waals surface area contributed by atoms with Gasteiger partial charge in [0.2, 0.25) is 0 Å². The summed E-state index contributed by atoms with van der Waals surface area (Å²) in [5, 5.41) is 6.63. The van der Waals surface area contributed by atoms with E-state index in [2.05, 4.69) is 36.4 Å². The minimum Gasteiger partial charge on any atom is -0.381 e. The molecule has 0 amide bonds. The molecular weight excluding hydrogens is 433 g/mol. The lowest BCUT2D eigenvalue weighted by Gasteiger charge is -2.22. The van der Waals surface area contributed by atoms with Crippen LogP contribution in [-0.4, -0.2) is 64.7 Å². The maximum Gasteiger partial charge on any atom is 0.191 e. The lowest BCUT2D eigenvalue weighted by atomic mass is 10.1. The standard InChI is InChI=1S/C18H37N3O3.HI/c1-4-19-18(20-9-5-11-23-15-16(2)3)21-10-6-12-24-17-7-13-22-14-8-17;/h16-17H,4-15H2,1-3H3,(H2,19,20,21);1H. The van der Waals surface area contributed by atoms with E-state index in [1.165, 1.54) is 0 Å². The summed E-state index contributed by atoms with van der Waals surface area (Å²) in [6.45, 7) is 13.0. The van der Waals surface area contributed by atoms with Crippen molar-refractivity contribution in [1.29, 1.82) is 0 Å². The Balaban J connectivity index is 0.00000576. The van der Waals surface area contributed by atoms with Crippen LogP contribution in [0.1, 0.15) is 46.5 Å². The van der Waals surface area contributed by atoms with Gasteiger partial charge < -0.3 is 24.8 Å². The highest BCUT2D eigenvalue weighted by atomic mass is 127. The number of nitrogens with one attached hydrogen (secondary N) is 2. The van der Waals surface area contributed by atoms with Gasteiger partial charge in [-0.05, 0) is 38.5 Å². The van der Waals surface area contributed by atoms with Crippen LogP contribution in [0, 0.1) is 5.92 Å². The van der Waals surface area contributed by atoms with Crippen molar-refractivity contribution >= 4 is 29.9 Å². The van der Waals surface area contributed by atoms with E-state index in [4.69, 9.17) is 14.2 Å². The van der Waals surface area contributed by atoms with Gasteiger partial charge in [-0.15, -0.1) is 24.0 Å². The third kappa shape index (κ3) is 14.7. The van der Waals surface area contributed by atoms with Crippen LogP contribution >= 0.6 is 24.0 Å². The van der Waals surface area contributed by atoms with E-state index in [0.717, 1.165) is 84.3 Å². The first-order chi connectivity index (χ1) is 11.7. The zero-order valence-corrected chi connectivity index (χ0v) is 18.6. The van der Waals surface area contributed by atoms with Crippen LogP contribution in [0.5, 0.6) is 0 Å². The van der Waals surface area contributed by atoms with Gasteiger partial charge in [0.15, 0.2) is 5.96 Å². The highest BCUT2D eigenvalue weighted by Crippen LogP contribution is 2.10. The molecule has 0 aromatic carbocycles. The van der Waals surface area contributed by atoms with Crippen molar-refractivity contribution in [3.8, 4) is 0 Å². The molecule has 1 aliphatic heterocycles. The molecule has 0 radical (unpaired) electrons. The molecule has 2 N–H and O–H groups in total. The average molecular weight is 471 g/mol. The highest BCUT2D eigenvalue weighted by molar-refractivity contribution is 14.0. The number of hydrogen-bond acceptors (Lipinski definition) is 4. The lowest BCUT2D eigenvalue weighted by Crippen LogP contribution is -2.38. The predicted molar refractivity (Wildman–Crippen MR) is 114 cm³/mol. The number of aliphatic imine (C=N–C) groups is 1. The largest absolute Gasteiger partial charge is 0.381 e. The molecule has 0 saturated carbocycles. The molecule has 0 aliphatic carbocycles. The highest BCUT2D eigenvalue weighted by Gasteiger charge is 2.13. The molecular formula is C18H38IN3O3. The fourth-order valence-electron chi connectivity index (χ4n) is 2.39. The summed E-state index contributed by atoms with van der Waals surface area (Å²) in [6.07, 6.45) is 4.37. The second kappa shape index (κ2) is 17.3. The topological polar surface area (TPSA) is 64.1 Å². The Morgan fingerprint density at radius 1 is 1.16 bits per heavy atom. The molecule has 0 aromatic heterocycles. The Labute approximate surface area is 170 Å². The normalized spacial score (nSPS) is 15.9. The first kappa shape index (κ1) is 24.9. The predicted octanol–water partition coefficient (Wildman–Crippen LogP) is 2.81. The van der Waals surface area contributed by atoms with Crippen molar-refractivity contribution in [2.24, 2.45) is 10.9 Å². The molecule has 0 atom stereocenters. The van der Waals surface area contributed by atoms with Gasteiger partial charge in [0.05, 0.1) is 6.10 Å². The van der Waals surface area contributed by atoms with E-state index in [-0.39, 0.29) is 24.0 Å². The molecule has 0 unspecified atom stereocenters. The Morgan fingerprint density at radius 2 is 1.92 bits per heavy atom. The zero-order valence-electron chi connectivity index (χ0n) is 16.2. The van der Waals surface area contributed by atoms with E-state index < -0.39 is 0 Å². The Bertz CT molecular complexity index is 325. The minimum atomic E-state index is 0. The van der Waals surface area contributed by atoms with Gasteiger partial charge in [-0.3, -0.25) is 4.99 Å². The summed E-state index contributed by atoms with van der Waals surface area (Å²) in [7, 11) is 0. The third-order valence-corrected chi connectivity index (χ3v) is 3.65. The van der Waals surface area contributed by atoms with E-state index in [1.54, 1.807) is 0 Å². The monoisotopic (exact) mass is 471 g/mol. The molecule has 1 rings (SSSR count). The maximum atomic E-state index is 5.87. The van der Waals surface area contributed by atoms with Gasteiger partial charge >= 0.3 is 0 Å². The molecule has 0 spiro atoms. The summed E-state index contributed by atoms with van der Waals surface area (Å²) in [6, 6.07) is 0. The maximum absolute atomic E-state index is 5.87. The van der Waals surface area contributed by atoms with Crippen LogP contribution in [0.3, 0.4) is 0 Å². The number of halogens is 1. The van der Waals surface area contributed by atoms with Crippen LogP contribution in [0.25, 0.3) is 0 Å². The van der Waals surface area contributed by atoms with Crippen LogP contribution < -0.4 is 10.6 Å². The van der Waals surface area contributed by atoms with Crippen LogP contribution in [0.2, 0.25) is 0 Å². The summed E-state index contributed by atoms with van der Waals surface area (Å²) >= 11 is 0. The van der Waals surface area contributed by atoms with Gasteiger partial charge in [0.25, 0.3) is 0 Å². The summed E-state index contributed by atoms with van der Waals surface area (Å²) in [5.74, 6) is 1.48. The quantitative estimate of drug-likeness (QED) is 0.198. The van der Waals surface area contributed by atoms with Crippen LogP contribution in [0.4, 0.5) is 0 Å². The van der Waals surface area contributed by atoms with Crippen molar-refractivity contribution in [3.05, 3.63) is 0 Å². The summed E-state index contributed by atoms with van der Waals surface area (Å²) < 4.78 is 16.8. The molecule has 1 heterocycles. The molecule has 0 bridgehead atoms. The first-order valence-corrected chi connectivity index (χ1v) is 9.51. The number of hydrogen-bond donors (Lipinski definition) is 2. The second-order valence-electron chi connectivity index (χ2n) is 6.55. The first-order valence-electron chi connectivity index (χ1n) is 9.51. The number of ether oxygens (including phenoxy) is 3. The SMILES string of the molecule is CCNC(=NCCCOCC(C)C)NCCCOC1CCOCC1.I. The van der Waals surface area contributed by atoms with Crippen molar-refractivity contribution in [2.45, 2.75) is 52.6 Å². The van der Waals surface area contributed by atoms with Crippen molar-refractivity contribution < 1.29 is 14.2 Å². The number of nitrogens with zero attached hydrogens (tertiary/aromatic N) is 1.